The first-order chi connectivity index (χ1) is 19.5. The quantitative estimate of drug-likeness (QED) is 0.242. The summed E-state index contributed by atoms with van der Waals surface area (Å²) >= 11 is 0. The number of carbonyl (C=O) groups excluding carboxylic acids is 6. The van der Waals surface area contributed by atoms with Crippen LogP contribution in [0.5, 0.6) is 0 Å². The number of ether oxygens (including phenoxy) is 6. The summed E-state index contributed by atoms with van der Waals surface area (Å²) in [5.41, 5.74) is 0. The van der Waals surface area contributed by atoms with Crippen LogP contribution >= 0.6 is 0 Å². The molecule has 1 amide bonds. The second-order valence-electron chi connectivity index (χ2n) is 9.10. The van der Waals surface area contributed by atoms with E-state index in [1.807, 2.05) is 0 Å². The van der Waals surface area contributed by atoms with Crippen molar-refractivity contribution in [2.75, 3.05) is 13.7 Å². The average molecular weight is 617 g/mol. The van der Waals surface area contributed by atoms with Crippen molar-refractivity contribution in [1.29, 1.82) is 0 Å². The van der Waals surface area contributed by atoms with Crippen LogP contribution in [0.1, 0.15) is 41.0 Å². The number of hydrogen-bond donors (Lipinski definition) is 1. The number of nitrogens with one attached hydrogen (secondary N) is 1. The van der Waals surface area contributed by atoms with Crippen LogP contribution < -0.4 is 5.32 Å². The Kier molecular flexibility index (Phi) is 11.5. The molecule has 0 radical (unpaired) electrons. The van der Waals surface area contributed by atoms with Crippen molar-refractivity contribution in [2.24, 2.45) is 0 Å². The Morgan fingerprint density at radius 3 is 2.12 bits per heavy atom. The van der Waals surface area contributed by atoms with Crippen LogP contribution in [-0.4, -0.2) is 98.3 Å². The van der Waals surface area contributed by atoms with Gasteiger partial charge in [0.05, 0.1) is 13.2 Å². The summed E-state index contributed by atoms with van der Waals surface area (Å²) in [6.07, 6.45) is -6.83. The van der Waals surface area contributed by atoms with E-state index >= 15 is 0 Å². The second-order valence-corrected chi connectivity index (χ2v) is 11.2. The molecule has 17 heteroatoms. The molecule has 2 heterocycles. The fraction of sp³-hybridized carbons (Fsp3) is 0.560. The largest absolute Gasteiger partial charge is 0.466 e. The highest BCUT2D eigenvalue weighted by atomic mass is 32.2. The molecule has 2 rings (SSSR count). The first-order valence-corrected chi connectivity index (χ1v) is 13.9. The monoisotopic (exact) mass is 616 g/mol. The van der Waals surface area contributed by atoms with Crippen molar-refractivity contribution >= 4 is 45.6 Å². The number of hydrogen-bond acceptors (Lipinski definition) is 15. The molecule has 6 atom stereocenters. The molecular weight excluding hydrogens is 584 g/mol. The van der Waals surface area contributed by atoms with Crippen LogP contribution in [0.4, 0.5) is 0 Å². The summed E-state index contributed by atoms with van der Waals surface area (Å²) in [5, 5.41) is 1.83. The Morgan fingerprint density at radius 2 is 1.64 bits per heavy atom. The lowest BCUT2D eigenvalue weighted by Crippen LogP contribution is -2.70. The van der Waals surface area contributed by atoms with E-state index in [0.29, 0.717) is 0 Å². The van der Waals surface area contributed by atoms with Crippen molar-refractivity contribution < 1.29 is 65.6 Å². The van der Waals surface area contributed by atoms with Gasteiger partial charge in [0.2, 0.25) is 15.7 Å². The molecule has 0 saturated carbocycles. The third-order valence-corrected chi connectivity index (χ3v) is 7.93. The van der Waals surface area contributed by atoms with E-state index < -0.39 is 99.0 Å². The van der Waals surface area contributed by atoms with E-state index in [0.717, 1.165) is 54.0 Å². The van der Waals surface area contributed by atoms with Crippen LogP contribution in [0.3, 0.4) is 0 Å². The summed E-state index contributed by atoms with van der Waals surface area (Å²) in [6.45, 7) is 4.34. The lowest BCUT2D eigenvalue weighted by atomic mass is 9.89. The molecule has 0 unspecified atom stereocenters. The van der Waals surface area contributed by atoms with Crippen LogP contribution in [0, 0.1) is 0 Å². The maximum atomic E-state index is 14.0. The van der Waals surface area contributed by atoms with Crippen molar-refractivity contribution in [1.82, 2.24) is 10.3 Å². The van der Waals surface area contributed by atoms with Gasteiger partial charge >= 0.3 is 29.8 Å². The minimum Gasteiger partial charge on any atom is -0.466 e. The van der Waals surface area contributed by atoms with Crippen LogP contribution in [0.2, 0.25) is 0 Å². The molecule has 0 aromatic carbocycles. The van der Waals surface area contributed by atoms with Gasteiger partial charge in [0.25, 0.3) is 4.93 Å². The van der Waals surface area contributed by atoms with Crippen LogP contribution in [-0.2, 0) is 67.0 Å². The predicted molar refractivity (Wildman–Crippen MR) is 137 cm³/mol. The zero-order chi connectivity index (χ0) is 31.8. The van der Waals surface area contributed by atoms with E-state index in [9.17, 15) is 37.2 Å². The highest BCUT2D eigenvalue weighted by Gasteiger charge is 2.65. The molecule has 0 bridgehead atoms. The lowest BCUT2D eigenvalue weighted by molar-refractivity contribution is -0.225. The third kappa shape index (κ3) is 8.00. The van der Waals surface area contributed by atoms with Crippen molar-refractivity contribution in [3.63, 3.8) is 0 Å². The Hall–Kier alpha value is -4.12. The van der Waals surface area contributed by atoms with Gasteiger partial charge in [0.15, 0.2) is 17.2 Å². The highest BCUT2D eigenvalue weighted by molar-refractivity contribution is 7.93. The van der Waals surface area contributed by atoms with E-state index in [2.05, 4.69) is 10.3 Å². The summed E-state index contributed by atoms with van der Waals surface area (Å²) in [4.78, 5) is 74.5. The molecular formula is C25H32N2O14S. The van der Waals surface area contributed by atoms with Crippen LogP contribution in [0.25, 0.3) is 0 Å². The van der Waals surface area contributed by atoms with Gasteiger partial charge in [0, 0.05) is 47.2 Å². The Labute approximate surface area is 241 Å². The Bertz CT molecular complexity index is 1300. The fourth-order valence-corrected chi connectivity index (χ4v) is 6.07. The van der Waals surface area contributed by atoms with E-state index in [4.69, 9.17) is 28.4 Å². The molecule has 1 aliphatic heterocycles. The smallest absolute Gasteiger partial charge is 0.354 e. The van der Waals surface area contributed by atoms with Crippen molar-refractivity contribution in [3.8, 4) is 0 Å². The zero-order valence-corrected chi connectivity index (χ0v) is 24.5. The number of pyridine rings is 1. The summed E-state index contributed by atoms with van der Waals surface area (Å²) < 4.78 is 59.9. The first-order valence-electron chi connectivity index (χ1n) is 12.4. The topological polar surface area (TPSA) is 217 Å². The van der Waals surface area contributed by atoms with E-state index in [-0.39, 0.29) is 0 Å². The molecule has 1 saturated heterocycles. The van der Waals surface area contributed by atoms with Gasteiger partial charge in [-0.3, -0.25) is 24.0 Å². The average Bonchev–Trinajstić information content (AvgIpc) is 2.89. The van der Waals surface area contributed by atoms with Gasteiger partial charge in [-0.2, -0.15) is 0 Å². The number of rotatable bonds is 11. The highest BCUT2D eigenvalue weighted by Crippen LogP contribution is 2.41. The maximum absolute atomic E-state index is 14.0. The van der Waals surface area contributed by atoms with E-state index in [1.54, 1.807) is 0 Å². The molecule has 1 N–H and O–H groups in total. The Balaban J connectivity index is 2.92. The molecule has 0 spiro atoms. The number of esters is 5. The molecule has 0 aliphatic carbocycles. The molecule has 16 nitrogen and oxygen atoms in total. The molecule has 42 heavy (non-hydrogen) atoms. The van der Waals surface area contributed by atoms with Gasteiger partial charge in [-0.1, -0.05) is 6.07 Å². The van der Waals surface area contributed by atoms with Gasteiger partial charge < -0.3 is 33.7 Å². The summed E-state index contributed by atoms with van der Waals surface area (Å²) in [5.74, 6) is -5.90. The minimum atomic E-state index is -4.97. The standard InChI is InChI=1S/C25H32N2O14S/c1-13(28)27-21-18(38-15(3)30)11-25(24(33)36-6,42(34,35)20-9-7-8-10-26-20)41-23(21)22(40-17(5)32)19(39-16(4)31)12-37-14(2)29/h7-10,18-19,21-23H,11-12H2,1-6H3,(H,27,28)/t18-,19+,21+,22+,23+,25-/m0/s1. The third-order valence-electron chi connectivity index (χ3n) is 5.84. The molecule has 1 aromatic heterocycles. The number of nitrogens with zero attached hydrogens (tertiary/aromatic N) is 1. The minimum absolute atomic E-state index is 0.630. The number of carbonyl (C=O) groups is 6. The first kappa shape index (κ1) is 34.1. The van der Waals surface area contributed by atoms with Crippen molar-refractivity contribution in [2.45, 2.75) is 81.5 Å². The van der Waals surface area contributed by atoms with E-state index in [1.165, 1.54) is 12.1 Å². The van der Waals surface area contributed by atoms with Gasteiger partial charge in [-0.05, 0) is 12.1 Å². The lowest BCUT2D eigenvalue weighted by Gasteiger charge is -2.48. The second kappa shape index (κ2) is 14.2. The fourth-order valence-electron chi connectivity index (χ4n) is 4.35. The molecule has 232 valence electrons. The molecule has 1 aliphatic rings. The maximum Gasteiger partial charge on any atom is 0.354 e. The van der Waals surface area contributed by atoms with Crippen molar-refractivity contribution in [3.05, 3.63) is 24.4 Å². The number of amides is 1. The Morgan fingerprint density at radius 1 is 1.00 bits per heavy atom. The number of aromatic nitrogens is 1. The SMILES string of the molecule is COC(=O)[C@@]1(S(=O)(=O)c2ccccn2)C[C@H](OC(C)=O)[C@@H](NC(C)=O)[C@H]([C@H](OC(C)=O)[C@@H](COC(C)=O)OC(C)=O)O1. The summed E-state index contributed by atoms with van der Waals surface area (Å²) in [7, 11) is -4.09. The molecule has 1 fully saturated rings. The summed E-state index contributed by atoms with van der Waals surface area (Å²) in [6, 6.07) is 2.30. The molecule has 1 aromatic rings. The van der Waals surface area contributed by atoms with Crippen LogP contribution in [0.15, 0.2) is 29.4 Å². The number of sulfone groups is 1. The zero-order valence-electron chi connectivity index (χ0n) is 23.7. The predicted octanol–water partition coefficient (Wildman–Crippen LogP) is -0.624. The van der Waals surface area contributed by atoms with Gasteiger partial charge in [-0.25, -0.2) is 18.2 Å². The van der Waals surface area contributed by atoms with Gasteiger partial charge in [0.1, 0.15) is 18.8 Å². The normalized spacial score (nSPS) is 23.3. The van der Waals surface area contributed by atoms with Gasteiger partial charge in [-0.15, -0.1) is 0 Å². The number of methoxy groups -OCH3 is 1.